The van der Waals surface area contributed by atoms with Crippen LogP contribution in [-0.2, 0) is 0 Å². The molecule has 2 unspecified atom stereocenters. The molecule has 2 aromatic carbocycles. The Kier molecular flexibility index (Phi) is 8.97. The number of benzene rings is 2. The van der Waals surface area contributed by atoms with Gasteiger partial charge in [-0.3, -0.25) is 0 Å². The molecule has 2 aromatic rings. The summed E-state index contributed by atoms with van der Waals surface area (Å²) in [6, 6.07) is 16.4. The first-order chi connectivity index (χ1) is 17.4. The lowest BCUT2D eigenvalue weighted by Gasteiger charge is -2.44. The molecule has 0 bridgehead atoms. The van der Waals surface area contributed by atoms with E-state index in [2.05, 4.69) is 36.2 Å². The van der Waals surface area contributed by atoms with Crippen molar-refractivity contribution in [2.24, 2.45) is 0 Å². The summed E-state index contributed by atoms with van der Waals surface area (Å²) in [5.41, 5.74) is 0.894. The summed E-state index contributed by atoms with van der Waals surface area (Å²) < 4.78 is 10.8. The third kappa shape index (κ3) is 6.24. The molecule has 2 aliphatic rings. The Morgan fingerprint density at radius 3 is 1.28 bits per heavy atom. The van der Waals surface area contributed by atoms with Gasteiger partial charge in [-0.25, -0.2) is 0 Å². The van der Waals surface area contributed by atoms with Crippen molar-refractivity contribution in [3.8, 4) is 11.5 Å². The minimum atomic E-state index is -0.710. The van der Waals surface area contributed by atoms with Crippen molar-refractivity contribution in [1.29, 1.82) is 0 Å². The number of hydrogen-bond donors (Lipinski definition) is 2. The van der Waals surface area contributed by atoms with Gasteiger partial charge in [0.25, 0.3) is 0 Å². The molecule has 0 saturated heterocycles. The maximum atomic E-state index is 11.8. The highest BCUT2D eigenvalue weighted by molar-refractivity contribution is 5.33. The van der Waals surface area contributed by atoms with Crippen molar-refractivity contribution >= 4 is 0 Å². The molecular weight excluding hydrogens is 450 g/mol. The van der Waals surface area contributed by atoms with E-state index in [0.717, 1.165) is 87.1 Å². The van der Waals surface area contributed by atoms with Crippen molar-refractivity contribution in [3.63, 3.8) is 0 Å². The minimum Gasteiger partial charge on any atom is -0.497 e. The van der Waals surface area contributed by atoms with E-state index in [-0.39, 0.29) is 11.8 Å². The van der Waals surface area contributed by atoms with E-state index in [0.29, 0.717) is 0 Å². The average Bonchev–Trinajstić information content (AvgIpc) is 2.91. The number of hydrogen-bond acceptors (Lipinski definition) is 5. The van der Waals surface area contributed by atoms with E-state index in [1.165, 1.54) is 12.8 Å². The summed E-state index contributed by atoms with van der Waals surface area (Å²) in [7, 11) is 5.51. The van der Waals surface area contributed by atoms with E-state index in [1.54, 1.807) is 14.2 Å². The van der Waals surface area contributed by atoms with Crippen LogP contribution in [0.15, 0.2) is 48.5 Å². The molecular formula is C31H45NO4. The molecule has 5 nitrogen and oxygen atoms in total. The molecule has 4 rings (SSSR count). The minimum absolute atomic E-state index is 0.00576. The first-order valence-corrected chi connectivity index (χ1v) is 13.8. The molecule has 0 aliphatic heterocycles. The van der Waals surface area contributed by atoms with Gasteiger partial charge in [-0.1, -0.05) is 62.8 Å². The number of nitrogens with zero attached hydrogens (tertiary/aromatic N) is 1. The fourth-order valence-corrected chi connectivity index (χ4v) is 6.57. The van der Waals surface area contributed by atoms with Gasteiger partial charge in [0, 0.05) is 24.9 Å². The van der Waals surface area contributed by atoms with Gasteiger partial charge in [-0.15, -0.1) is 0 Å². The zero-order chi connectivity index (χ0) is 25.6. The van der Waals surface area contributed by atoms with Crippen LogP contribution in [0.2, 0.25) is 0 Å². The Morgan fingerprint density at radius 2 is 0.972 bits per heavy atom. The Bertz CT molecular complexity index is 853. The van der Waals surface area contributed by atoms with Crippen molar-refractivity contribution < 1.29 is 19.7 Å². The second kappa shape index (κ2) is 12.0. The van der Waals surface area contributed by atoms with Crippen LogP contribution in [-0.4, -0.2) is 60.7 Å². The largest absolute Gasteiger partial charge is 0.497 e. The van der Waals surface area contributed by atoms with E-state index in [9.17, 15) is 10.2 Å². The summed E-state index contributed by atoms with van der Waals surface area (Å²) in [5, 5.41) is 23.7. The molecule has 0 aromatic heterocycles. The second-order valence-corrected chi connectivity index (χ2v) is 11.2. The fourth-order valence-electron chi connectivity index (χ4n) is 6.57. The molecule has 0 spiro atoms. The van der Waals surface area contributed by atoms with Crippen molar-refractivity contribution in [3.05, 3.63) is 59.7 Å². The molecule has 198 valence electrons. The lowest BCUT2D eigenvalue weighted by Crippen LogP contribution is -2.47. The van der Waals surface area contributed by atoms with Gasteiger partial charge in [-0.2, -0.15) is 0 Å². The van der Waals surface area contributed by atoms with E-state index in [4.69, 9.17) is 9.47 Å². The summed E-state index contributed by atoms with van der Waals surface area (Å²) in [6.45, 7) is 1.48. The summed E-state index contributed by atoms with van der Waals surface area (Å²) >= 11 is 0. The van der Waals surface area contributed by atoms with Gasteiger partial charge in [0.1, 0.15) is 11.5 Å². The van der Waals surface area contributed by atoms with E-state index < -0.39 is 11.2 Å². The molecule has 2 aliphatic carbocycles. The highest BCUT2D eigenvalue weighted by atomic mass is 16.5. The third-order valence-electron chi connectivity index (χ3n) is 8.76. The predicted octanol–water partition coefficient (Wildman–Crippen LogP) is 5.89. The third-order valence-corrected chi connectivity index (χ3v) is 8.76. The number of likely N-dealkylation sites (N-methyl/N-ethyl adjacent to an activating group) is 1. The van der Waals surface area contributed by atoms with Gasteiger partial charge in [-0.05, 0) is 68.1 Å². The number of aliphatic hydroxyl groups is 2. The van der Waals surface area contributed by atoms with Gasteiger partial charge in [0.05, 0.1) is 25.4 Å². The quantitative estimate of drug-likeness (QED) is 0.430. The summed E-state index contributed by atoms with van der Waals surface area (Å²) in [4.78, 5) is 2.34. The first-order valence-electron chi connectivity index (χ1n) is 13.8. The van der Waals surface area contributed by atoms with Crippen molar-refractivity contribution in [1.82, 2.24) is 4.90 Å². The monoisotopic (exact) mass is 495 g/mol. The molecule has 5 heteroatoms. The van der Waals surface area contributed by atoms with Gasteiger partial charge in [0.2, 0.25) is 0 Å². The Morgan fingerprint density at radius 1 is 0.639 bits per heavy atom. The Balaban J connectivity index is 1.59. The summed E-state index contributed by atoms with van der Waals surface area (Å²) in [5.74, 6) is 1.68. The van der Waals surface area contributed by atoms with Crippen LogP contribution >= 0.6 is 0 Å². The molecule has 2 atom stereocenters. The van der Waals surface area contributed by atoms with Crippen LogP contribution in [0.4, 0.5) is 0 Å². The SMILES string of the molecule is COc1ccc(C(CN(C)CC(c2ccc(OC)cc2)C2(O)CCCCC2)C2(O)CCCCC2)cc1. The highest BCUT2D eigenvalue weighted by Gasteiger charge is 2.42. The first kappa shape index (κ1) is 27.0. The zero-order valence-corrected chi connectivity index (χ0v) is 22.4. The van der Waals surface area contributed by atoms with Crippen LogP contribution in [0.1, 0.15) is 87.2 Å². The Labute approximate surface area is 217 Å². The van der Waals surface area contributed by atoms with Gasteiger partial charge in [0.15, 0.2) is 0 Å². The van der Waals surface area contributed by atoms with Crippen molar-refractivity contribution in [2.45, 2.75) is 87.2 Å². The highest BCUT2D eigenvalue weighted by Crippen LogP contribution is 2.43. The maximum Gasteiger partial charge on any atom is 0.118 e. The van der Waals surface area contributed by atoms with Crippen LogP contribution in [0.5, 0.6) is 11.5 Å². The topological polar surface area (TPSA) is 62.2 Å². The molecule has 2 N–H and O–H groups in total. The molecule has 0 amide bonds. The van der Waals surface area contributed by atoms with E-state index >= 15 is 0 Å². The van der Waals surface area contributed by atoms with Gasteiger partial charge >= 0.3 is 0 Å². The normalized spacial score (nSPS) is 21.1. The van der Waals surface area contributed by atoms with Crippen LogP contribution in [0.3, 0.4) is 0 Å². The molecule has 36 heavy (non-hydrogen) atoms. The van der Waals surface area contributed by atoms with Crippen LogP contribution in [0.25, 0.3) is 0 Å². The second-order valence-electron chi connectivity index (χ2n) is 11.2. The molecule has 0 heterocycles. The maximum absolute atomic E-state index is 11.8. The lowest BCUT2D eigenvalue weighted by atomic mass is 9.71. The smallest absolute Gasteiger partial charge is 0.118 e. The lowest BCUT2D eigenvalue weighted by molar-refractivity contribution is -0.0423. The number of ether oxygens (including phenoxy) is 2. The molecule has 2 saturated carbocycles. The van der Waals surface area contributed by atoms with Crippen LogP contribution < -0.4 is 9.47 Å². The average molecular weight is 496 g/mol. The summed E-state index contributed by atoms with van der Waals surface area (Å²) in [6.07, 6.45) is 10.0. The number of methoxy groups -OCH3 is 2. The van der Waals surface area contributed by atoms with Gasteiger partial charge < -0.3 is 24.6 Å². The van der Waals surface area contributed by atoms with E-state index in [1.807, 2.05) is 24.3 Å². The zero-order valence-electron chi connectivity index (χ0n) is 22.4. The van der Waals surface area contributed by atoms with Crippen molar-refractivity contribution in [2.75, 3.05) is 34.4 Å². The standard InChI is InChI=1S/C31H45NO4/c1-32(22-28(30(33)18-6-4-7-19-30)24-10-14-26(35-2)15-11-24)23-29(31(34)20-8-5-9-21-31)25-12-16-27(36-3)17-13-25/h10-17,28-29,33-34H,4-9,18-23H2,1-3H3. The fraction of sp³-hybridized carbons (Fsp3) is 0.613. The number of rotatable bonds is 10. The Hall–Kier alpha value is -2.08. The predicted molar refractivity (Wildman–Crippen MR) is 145 cm³/mol. The molecule has 0 radical (unpaired) electrons. The molecule has 2 fully saturated rings. The van der Waals surface area contributed by atoms with Crippen LogP contribution in [0, 0.1) is 0 Å².